The summed E-state index contributed by atoms with van der Waals surface area (Å²) >= 11 is 6.05. The molecule has 2 N–H and O–H groups in total. The van der Waals surface area contributed by atoms with Crippen LogP contribution in [0.15, 0.2) is 36.4 Å². The van der Waals surface area contributed by atoms with Crippen LogP contribution in [0.3, 0.4) is 0 Å². The third-order valence-electron chi connectivity index (χ3n) is 2.92. The number of benzene rings is 2. The molecule has 6 heteroatoms. The Morgan fingerprint density at radius 1 is 1.33 bits per heavy atom. The summed E-state index contributed by atoms with van der Waals surface area (Å²) in [6, 6.07) is 9.12. The fourth-order valence-corrected chi connectivity index (χ4v) is 1.99. The summed E-state index contributed by atoms with van der Waals surface area (Å²) in [4.78, 5) is 10.7. The molecule has 21 heavy (non-hydrogen) atoms. The van der Waals surface area contributed by atoms with E-state index in [2.05, 4.69) is 5.32 Å². The average Bonchev–Trinajstić information content (AvgIpc) is 2.46. The Morgan fingerprint density at radius 2 is 2.10 bits per heavy atom. The number of carboxylic acid groups (broad SMARTS) is 1. The third kappa shape index (κ3) is 3.64. The molecule has 0 aliphatic carbocycles. The maximum atomic E-state index is 13.6. The zero-order valence-electron chi connectivity index (χ0n) is 11.2. The van der Waals surface area contributed by atoms with Crippen LogP contribution in [0, 0.1) is 5.82 Å². The molecule has 0 aliphatic rings. The highest BCUT2D eigenvalue weighted by Crippen LogP contribution is 2.27. The lowest BCUT2D eigenvalue weighted by Gasteiger charge is -2.10. The van der Waals surface area contributed by atoms with Gasteiger partial charge < -0.3 is 15.2 Å². The van der Waals surface area contributed by atoms with Gasteiger partial charge in [-0.05, 0) is 29.8 Å². The van der Waals surface area contributed by atoms with Crippen molar-refractivity contribution in [2.75, 3.05) is 12.4 Å². The van der Waals surface area contributed by atoms with E-state index in [1.165, 1.54) is 12.1 Å². The predicted molar refractivity (Wildman–Crippen MR) is 78.7 cm³/mol. The first-order valence-electron chi connectivity index (χ1n) is 6.10. The van der Waals surface area contributed by atoms with Gasteiger partial charge in [-0.15, -0.1) is 0 Å². The van der Waals surface area contributed by atoms with Crippen molar-refractivity contribution in [1.29, 1.82) is 0 Å². The standard InChI is InChI=1S/C15H13ClFNO3/c1-21-10-3-5-12(16)14(7-10)18-8-9-2-4-11(15(19)20)13(17)6-9/h2-7,18H,8H2,1H3,(H,19,20). The number of ether oxygens (including phenoxy) is 1. The second-order valence-corrected chi connectivity index (χ2v) is 4.73. The van der Waals surface area contributed by atoms with Crippen LogP contribution < -0.4 is 10.1 Å². The molecule has 0 unspecified atom stereocenters. The van der Waals surface area contributed by atoms with E-state index in [9.17, 15) is 9.18 Å². The summed E-state index contributed by atoms with van der Waals surface area (Å²) in [6.07, 6.45) is 0. The van der Waals surface area contributed by atoms with Gasteiger partial charge in [0.15, 0.2) is 0 Å². The topological polar surface area (TPSA) is 58.6 Å². The number of hydrogen-bond acceptors (Lipinski definition) is 3. The molecule has 2 aromatic carbocycles. The lowest BCUT2D eigenvalue weighted by molar-refractivity contribution is 0.0692. The molecule has 0 aromatic heterocycles. The molecule has 0 fully saturated rings. The van der Waals surface area contributed by atoms with Gasteiger partial charge in [-0.2, -0.15) is 0 Å². The van der Waals surface area contributed by atoms with Crippen molar-refractivity contribution in [3.63, 3.8) is 0 Å². The van der Waals surface area contributed by atoms with Crippen molar-refractivity contribution < 1.29 is 19.0 Å². The quantitative estimate of drug-likeness (QED) is 0.882. The molecule has 2 rings (SSSR count). The fourth-order valence-electron chi connectivity index (χ4n) is 1.81. The largest absolute Gasteiger partial charge is 0.497 e. The van der Waals surface area contributed by atoms with Crippen molar-refractivity contribution in [3.05, 3.63) is 58.4 Å². The highest BCUT2D eigenvalue weighted by Gasteiger charge is 2.10. The van der Waals surface area contributed by atoms with Crippen molar-refractivity contribution >= 4 is 23.3 Å². The SMILES string of the molecule is COc1ccc(Cl)c(NCc2ccc(C(=O)O)c(F)c2)c1. The highest BCUT2D eigenvalue weighted by molar-refractivity contribution is 6.33. The molecular formula is C15H13ClFNO3. The Morgan fingerprint density at radius 3 is 2.71 bits per heavy atom. The van der Waals surface area contributed by atoms with Gasteiger partial charge in [0.1, 0.15) is 11.6 Å². The Kier molecular flexibility index (Phi) is 4.65. The summed E-state index contributed by atoms with van der Waals surface area (Å²) in [5.41, 5.74) is 0.910. The number of rotatable bonds is 5. The van der Waals surface area contributed by atoms with Gasteiger partial charge in [0.2, 0.25) is 0 Å². The minimum atomic E-state index is -1.29. The van der Waals surface area contributed by atoms with E-state index >= 15 is 0 Å². The number of aromatic carboxylic acids is 1. The number of methoxy groups -OCH3 is 1. The smallest absolute Gasteiger partial charge is 0.338 e. The number of anilines is 1. The van der Waals surface area contributed by atoms with E-state index in [1.54, 1.807) is 31.4 Å². The third-order valence-corrected chi connectivity index (χ3v) is 3.25. The molecule has 110 valence electrons. The Hall–Kier alpha value is -2.27. The Balaban J connectivity index is 2.13. The maximum absolute atomic E-state index is 13.6. The van der Waals surface area contributed by atoms with Gasteiger partial charge in [0, 0.05) is 12.6 Å². The number of carbonyl (C=O) groups is 1. The molecular weight excluding hydrogens is 297 g/mol. The molecule has 0 amide bonds. The van der Waals surface area contributed by atoms with E-state index in [0.717, 1.165) is 0 Å². The molecule has 2 aromatic rings. The van der Waals surface area contributed by atoms with Crippen molar-refractivity contribution in [2.24, 2.45) is 0 Å². The van der Waals surface area contributed by atoms with E-state index in [4.69, 9.17) is 21.4 Å². The van der Waals surface area contributed by atoms with Crippen molar-refractivity contribution in [2.45, 2.75) is 6.54 Å². The lowest BCUT2D eigenvalue weighted by Crippen LogP contribution is -2.04. The minimum Gasteiger partial charge on any atom is -0.497 e. The molecule has 0 saturated heterocycles. The van der Waals surface area contributed by atoms with Gasteiger partial charge in [0.05, 0.1) is 23.4 Å². The molecule has 0 saturated carbocycles. The molecule has 0 radical (unpaired) electrons. The molecule has 0 aliphatic heterocycles. The maximum Gasteiger partial charge on any atom is 0.338 e. The van der Waals surface area contributed by atoms with E-state index in [0.29, 0.717) is 28.6 Å². The molecule has 0 atom stereocenters. The Labute approximate surface area is 126 Å². The molecule has 0 bridgehead atoms. The van der Waals surface area contributed by atoms with Gasteiger partial charge in [-0.3, -0.25) is 0 Å². The van der Waals surface area contributed by atoms with Crippen LogP contribution in [0.5, 0.6) is 5.75 Å². The van der Waals surface area contributed by atoms with Crippen LogP contribution in [0.25, 0.3) is 0 Å². The number of halogens is 2. The van der Waals surface area contributed by atoms with Crippen LogP contribution >= 0.6 is 11.6 Å². The summed E-state index contributed by atoms with van der Waals surface area (Å²) in [5, 5.41) is 12.3. The summed E-state index contributed by atoms with van der Waals surface area (Å²) in [6.45, 7) is 0.309. The van der Waals surface area contributed by atoms with Gasteiger partial charge >= 0.3 is 5.97 Å². The number of nitrogens with one attached hydrogen (secondary N) is 1. The predicted octanol–water partition coefficient (Wildman–Crippen LogP) is 3.80. The van der Waals surface area contributed by atoms with Crippen LogP contribution in [0.1, 0.15) is 15.9 Å². The fraction of sp³-hybridized carbons (Fsp3) is 0.133. The highest BCUT2D eigenvalue weighted by atomic mass is 35.5. The van der Waals surface area contributed by atoms with E-state index in [1.807, 2.05) is 0 Å². The summed E-state index contributed by atoms with van der Waals surface area (Å²) in [5.74, 6) is -1.41. The summed E-state index contributed by atoms with van der Waals surface area (Å²) < 4.78 is 18.7. The molecule has 4 nitrogen and oxygen atoms in total. The molecule has 0 heterocycles. The number of hydrogen-bond donors (Lipinski definition) is 2. The van der Waals surface area contributed by atoms with Gasteiger partial charge in [-0.1, -0.05) is 17.7 Å². The van der Waals surface area contributed by atoms with Crippen LogP contribution in [0.2, 0.25) is 5.02 Å². The van der Waals surface area contributed by atoms with Gasteiger partial charge in [-0.25, -0.2) is 9.18 Å². The second kappa shape index (κ2) is 6.45. The van der Waals surface area contributed by atoms with Crippen LogP contribution in [-0.2, 0) is 6.54 Å². The first-order valence-corrected chi connectivity index (χ1v) is 6.48. The zero-order valence-corrected chi connectivity index (χ0v) is 11.9. The van der Waals surface area contributed by atoms with Crippen molar-refractivity contribution in [3.8, 4) is 5.75 Å². The van der Waals surface area contributed by atoms with E-state index < -0.39 is 11.8 Å². The first kappa shape index (κ1) is 15.1. The number of carboxylic acids is 1. The monoisotopic (exact) mass is 309 g/mol. The van der Waals surface area contributed by atoms with Crippen LogP contribution in [-0.4, -0.2) is 18.2 Å². The van der Waals surface area contributed by atoms with Gasteiger partial charge in [0.25, 0.3) is 0 Å². The Bertz CT molecular complexity index is 676. The minimum absolute atomic E-state index is 0.309. The summed E-state index contributed by atoms with van der Waals surface area (Å²) in [7, 11) is 1.55. The average molecular weight is 310 g/mol. The first-order chi connectivity index (χ1) is 10.0. The normalized spacial score (nSPS) is 10.2. The van der Waals surface area contributed by atoms with Crippen LogP contribution in [0.4, 0.5) is 10.1 Å². The second-order valence-electron chi connectivity index (χ2n) is 4.32. The zero-order chi connectivity index (χ0) is 15.4. The molecule has 0 spiro atoms. The van der Waals surface area contributed by atoms with E-state index in [-0.39, 0.29) is 5.56 Å². The lowest BCUT2D eigenvalue weighted by atomic mass is 10.1. The van der Waals surface area contributed by atoms with Crippen molar-refractivity contribution in [1.82, 2.24) is 0 Å².